The van der Waals surface area contributed by atoms with Gasteiger partial charge in [-0.15, -0.1) is 0 Å². The first-order chi connectivity index (χ1) is 20.6. The first-order valence-corrected chi connectivity index (χ1v) is 13.6. The van der Waals surface area contributed by atoms with Crippen LogP contribution in [-0.4, -0.2) is 57.9 Å². The number of rotatable bonds is 11. The maximum atomic E-state index is 14.0. The minimum Gasteiger partial charge on any atom is -0.494 e. The molecule has 43 heavy (non-hydrogen) atoms. The van der Waals surface area contributed by atoms with E-state index in [2.05, 4.69) is 28.1 Å². The van der Waals surface area contributed by atoms with Crippen LogP contribution in [0, 0.1) is 0 Å². The third kappa shape index (κ3) is 6.18. The summed E-state index contributed by atoms with van der Waals surface area (Å²) in [6.07, 6.45) is 4.61. The largest absolute Gasteiger partial charge is 0.494 e. The molecule has 224 valence electrons. The molecule has 0 aliphatic heterocycles. The summed E-state index contributed by atoms with van der Waals surface area (Å²) < 4.78 is 56.7. The maximum absolute atomic E-state index is 14.0. The van der Waals surface area contributed by atoms with Gasteiger partial charge in [0.05, 0.1) is 25.5 Å². The van der Waals surface area contributed by atoms with Crippen LogP contribution in [0.25, 0.3) is 22.0 Å². The number of carbonyl (C=O) groups excluding carboxylic acids is 1. The molecule has 12 heteroatoms. The predicted molar refractivity (Wildman–Crippen MR) is 157 cm³/mol. The van der Waals surface area contributed by atoms with Crippen LogP contribution in [0.15, 0.2) is 61.4 Å². The van der Waals surface area contributed by atoms with Crippen molar-refractivity contribution < 1.29 is 27.4 Å². The fourth-order valence-electron chi connectivity index (χ4n) is 5.10. The van der Waals surface area contributed by atoms with Crippen LogP contribution in [0.5, 0.6) is 11.5 Å². The number of ether oxygens (including phenoxy) is 2. The Bertz CT molecular complexity index is 1750. The lowest BCUT2D eigenvalue weighted by Gasteiger charge is -2.23. The highest BCUT2D eigenvalue weighted by molar-refractivity contribution is 5.95. The van der Waals surface area contributed by atoms with E-state index in [9.17, 15) is 18.0 Å². The number of likely N-dealkylation sites (N-methyl/N-ethyl adjacent to an activating group) is 1. The lowest BCUT2D eigenvalue weighted by molar-refractivity contribution is -0.140. The Hall–Kier alpha value is -4.87. The lowest BCUT2D eigenvalue weighted by Crippen LogP contribution is -2.24. The Morgan fingerprint density at radius 3 is 2.58 bits per heavy atom. The van der Waals surface area contributed by atoms with Gasteiger partial charge in [0.1, 0.15) is 23.6 Å². The standard InChI is InChI=1S/C31H31F3N6O3/c1-5-20-13-24-26(6-7-36-28(24)27(15-20)42-4)38(2)10-11-43-29-22(18-41)12-21(16-40-9-8-35-19-40)14-23(29)25-17-39(3)37-30(25)31(32,33)34/h6-9,12-15,17-19H,5,10-11,16H2,1-4H3. The average Bonchev–Trinajstić information content (AvgIpc) is 3.65. The van der Waals surface area contributed by atoms with Gasteiger partial charge in [0.15, 0.2) is 12.0 Å². The van der Waals surface area contributed by atoms with Crippen LogP contribution in [0.2, 0.25) is 0 Å². The van der Waals surface area contributed by atoms with E-state index in [0.29, 0.717) is 30.7 Å². The fraction of sp³-hybridized carbons (Fsp3) is 0.290. The number of anilines is 1. The smallest absolute Gasteiger partial charge is 0.435 e. The molecule has 0 unspecified atom stereocenters. The highest BCUT2D eigenvalue weighted by Crippen LogP contribution is 2.41. The summed E-state index contributed by atoms with van der Waals surface area (Å²) >= 11 is 0. The number of pyridine rings is 1. The number of aromatic nitrogens is 5. The number of aryl methyl sites for hydroxylation is 2. The molecule has 0 aliphatic rings. The van der Waals surface area contributed by atoms with Crippen molar-refractivity contribution in [2.45, 2.75) is 26.1 Å². The van der Waals surface area contributed by atoms with E-state index in [1.807, 2.05) is 24.1 Å². The third-order valence-corrected chi connectivity index (χ3v) is 7.18. The maximum Gasteiger partial charge on any atom is 0.435 e. The van der Waals surface area contributed by atoms with E-state index in [1.165, 1.54) is 13.2 Å². The van der Waals surface area contributed by atoms with Crippen molar-refractivity contribution in [2.75, 3.05) is 32.2 Å². The lowest BCUT2D eigenvalue weighted by atomic mass is 9.98. The molecule has 3 heterocycles. The minimum absolute atomic E-state index is 0.0609. The van der Waals surface area contributed by atoms with Gasteiger partial charge in [-0.3, -0.25) is 14.5 Å². The first kappa shape index (κ1) is 29.6. The number of benzene rings is 2. The van der Waals surface area contributed by atoms with Gasteiger partial charge in [-0.25, -0.2) is 4.98 Å². The van der Waals surface area contributed by atoms with Crippen molar-refractivity contribution in [3.8, 4) is 22.6 Å². The zero-order valence-corrected chi connectivity index (χ0v) is 24.2. The number of methoxy groups -OCH3 is 1. The molecule has 0 spiro atoms. The quantitative estimate of drug-likeness (QED) is 0.179. The number of fused-ring (bicyclic) bond motifs is 1. The molecular formula is C31H31F3N6O3. The van der Waals surface area contributed by atoms with E-state index in [4.69, 9.17) is 9.47 Å². The molecule has 0 bridgehead atoms. The molecule has 0 atom stereocenters. The number of hydrogen-bond acceptors (Lipinski definition) is 7. The normalized spacial score (nSPS) is 11.6. The number of carbonyl (C=O) groups is 1. The topological polar surface area (TPSA) is 87.3 Å². The fourth-order valence-corrected chi connectivity index (χ4v) is 5.10. The molecule has 3 aromatic heterocycles. The van der Waals surface area contributed by atoms with E-state index in [0.717, 1.165) is 33.3 Å². The van der Waals surface area contributed by atoms with Gasteiger partial charge in [0.2, 0.25) is 0 Å². The molecule has 0 N–H and O–H groups in total. The van der Waals surface area contributed by atoms with Crippen molar-refractivity contribution >= 4 is 22.9 Å². The molecule has 0 radical (unpaired) electrons. The Labute approximate surface area is 246 Å². The van der Waals surface area contributed by atoms with Crippen molar-refractivity contribution in [2.24, 2.45) is 7.05 Å². The van der Waals surface area contributed by atoms with Gasteiger partial charge >= 0.3 is 6.18 Å². The van der Waals surface area contributed by atoms with Crippen LogP contribution in [-0.2, 0) is 26.2 Å². The Morgan fingerprint density at radius 1 is 1.09 bits per heavy atom. The molecule has 0 saturated heterocycles. The van der Waals surface area contributed by atoms with Crippen LogP contribution >= 0.6 is 0 Å². The SMILES string of the molecule is CCc1cc(OC)c2nccc(N(C)CCOc3c(C=O)cc(Cn4ccnc4)cc3-c3cn(C)nc3C(F)(F)F)c2c1. The predicted octanol–water partition coefficient (Wildman–Crippen LogP) is 5.80. The third-order valence-electron chi connectivity index (χ3n) is 7.18. The number of hydrogen-bond donors (Lipinski definition) is 0. The monoisotopic (exact) mass is 592 g/mol. The summed E-state index contributed by atoms with van der Waals surface area (Å²) in [4.78, 5) is 22.8. The average molecular weight is 593 g/mol. The number of alkyl halides is 3. The van der Waals surface area contributed by atoms with Crippen LogP contribution < -0.4 is 14.4 Å². The second kappa shape index (κ2) is 12.2. The van der Waals surface area contributed by atoms with Gasteiger partial charge in [0.25, 0.3) is 0 Å². The summed E-state index contributed by atoms with van der Waals surface area (Å²) in [6, 6.07) is 9.15. The van der Waals surface area contributed by atoms with E-state index >= 15 is 0 Å². The molecule has 2 aromatic carbocycles. The zero-order chi connectivity index (χ0) is 30.7. The van der Waals surface area contributed by atoms with E-state index in [-0.39, 0.29) is 29.0 Å². The molecule has 0 fully saturated rings. The van der Waals surface area contributed by atoms with Crippen molar-refractivity contribution in [3.63, 3.8) is 0 Å². The van der Waals surface area contributed by atoms with Crippen LogP contribution in [0.1, 0.15) is 34.1 Å². The molecule has 5 aromatic rings. The minimum atomic E-state index is -4.71. The molecule has 0 aliphatic carbocycles. The molecule has 0 saturated carbocycles. The van der Waals surface area contributed by atoms with Gasteiger partial charge in [-0.05, 0) is 47.9 Å². The van der Waals surface area contributed by atoms with Gasteiger partial charge in [-0.1, -0.05) is 6.92 Å². The van der Waals surface area contributed by atoms with Gasteiger partial charge in [0, 0.05) is 67.6 Å². The van der Waals surface area contributed by atoms with Crippen molar-refractivity contribution in [1.82, 2.24) is 24.3 Å². The second-order valence-corrected chi connectivity index (χ2v) is 10.1. The van der Waals surface area contributed by atoms with Crippen molar-refractivity contribution in [1.29, 1.82) is 0 Å². The highest BCUT2D eigenvalue weighted by atomic mass is 19.4. The summed E-state index contributed by atoms with van der Waals surface area (Å²) in [5.74, 6) is 0.736. The molecular weight excluding hydrogens is 561 g/mol. The summed E-state index contributed by atoms with van der Waals surface area (Å²) in [6.45, 7) is 2.81. The summed E-state index contributed by atoms with van der Waals surface area (Å²) in [7, 11) is 4.92. The highest BCUT2D eigenvalue weighted by Gasteiger charge is 2.38. The summed E-state index contributed by atoms with van der Waals surface area (Å²) in [5, 5.41) is 4.58. The number of halogens is 3. The molecule has 9 nitrogen and oxygen atoms in total. The second-order valence-electron chi connectivity index (χ2n) is 10.1. The van der Waals surface area contributed by atoms with Gasteiger partial charge < -0.3 is 18.9 Å². The Morgan fingerprint density at radius 2 is 1.91 bits per heavy atom. The Kier molecular flexibility index (Phi) is 8.38. The van der Waals surface area contributed by atoms with Crippen LogP contribution in [0.3, 0.4) is 0 Å². The first-order valence-electron chi connectivity index (χ1n) is 13.6. The van der Waals surface area contributed by atoms with Gasteiger partial charge in [-0.2, -0.15) is 18.3 Å². The molecule has 0 amide bonds. The Balaban J connectivity index is 1.50. The summed E-state index contributed by atoms with van der Waals surface area (Å²) in [5.41, 5.74) is 2.36. The zero-order valence-electron chi connectivity index (χ0n) is 24.2. The number of nitrogens with zero attached hydrogens (tertiary/aromatic N) is 6. The molecule has 5 rings (SSSR count). The van der Waals surface area contributed by atoms with E-state index < -0.39 is 11.9 Å². The number of aldehydes is 1. The van der Waals surface area contributed by atoms with Crippen molar-refractivity contribution in [3.05, 3.63) is 83.8 Å². The van der Waals surface area contributed by atoms with E-state index in [1.54, 1.807) is 48.7 Å². The number of imidazole rings is 1. The van der Waals surface area contributed by atoms with Crippen LogP contribution in [0.4, 0.5) is 18.9 Å².